The quantitative estimate of drug-likeness (QED) is 0.538. The minimum Gasteiger partial charge on any atom is -0.303 e. The second-order valence-corrected chi connectivity index (χ2v) is 9.20. The van der Waals surface area contributed by atoms with Gasteiger partial charge in [0, 0.05) is 44.4 Å². The van der Waals surface area contributed by atoms with Gasteiger partial charge in [0.1, 0.15) is 0 Å². The van der Waals surface area contributed by atoms with E-state index in [0.717, 1.165) is 45.6 Å². The van der Waals surface area contributed by atoms with Crippen LogP contribution < -0.4 is 0 Å². The summed E-state index contributed by atoms with van der Waals surface area (Å²) in [7, 11) is -3.60. The maximum Gasteiger partial charge on any atom is 0.269 e. The van der Waals surface area contributed by atoms with Gasteiger partial charge in [-0.25, -0.2) is 8.42 Å². The van der Waals surface area contributed by atoms with Gasteiger partial charge in [-0.1, -0.05) is 6.92 Å². The molecule has 0 N–H and O–H groups in total. The first-order chi connectivity index (χ1) is 12.9. The van der Waals surface area contributed by atoms with Crippen LogP contribution in [0.2, 0.25) is 0 Å². The van der Waals surface area contributed by atoms with E-state index in [-0.39, 0.29) is 10.6 Å². The molecule has 0 atom stereocenters. The second kappa shape index (κ2) is 8.64. The van der Waals surface area contributed by atoms with E-state index in [1.54, 1.807) is 0 Å². The molecule has 9 heteroatoms. The monoisotopic (exact) mass is 396 g/mol. The molecule has 0 amide bonds. The average molecular weight is 397 g/mol. The third-order valence-electron chi connectivity index (χ3n) is 5.57. The molecule has 27 heavy (non-hydrogen) atoms. The van der Waals surface area contributed by atoms with E-state index in [0.29, 0.717) is 19.1 Å². The molecule has 0 aliphatic carbocycles. The van der Waals surface area contributed by atoms with Gasteiger partial charge in [-0.15, -0.1) is 0 Å². The molecule has 2 fully saturated rings. The molecule has 0 unspecified atom stereocenters. The van der Waals surface area contributed by atoms with Crippen molar-refractivity contribution in [2.45, 2.75) is 37.1 Å². The van der Waals surface area contributed by atoms with Gasteiger partial charge in [-0.2, -0.15) is 4.31 Å². The molecular weight excluding hydrogens is 368 g/mol. The van der Waals surface area contributed by atoms with E-state index in [9.17, 15) is 18.5 Å². The van der Waals surface area contributed by atoms with Crippen molar-refractivity contribution in [2.75, 3.05) is 45.8 Å². The highest BCUT2D eigenvalue weighted by Gasteiger charge is 2.32. The molecule has 3 rings (SSSR count). The Morgan fingerprint density at radius 1 is 1.04 bits per heavy atom. The molecule has 0 radical (unpaired) electrons. The summed E-state index contributed by atoms with van der Waals surface area (Å²) < 4.78 is 27.1. The summed E-state index contributed by atoms with van der Waals surface area (Å²) >= 11 is 0. The van der Waals surface area contributed by atoms with Crippen LogP contribution in [0.25, 0.3) is 0 Å². The number of rotatable bonds is 6. The summed E-state index contributed by atoms with van der Waals surface area (Å²) in [4.78, 5) is 15.3. The van der Waals surface area contributed by atoms with Crippen molar-refractivity contribution in [2.24, 2.45) is 0 Å². The molecule has 1 aromatic rings. The van der Waals surface area contributed by atoms with E-state index >= 15 is 0 Å². The van der Waals surface area contributed by atoms with Crippen LogP contribution >= 0.6 is 0 Å². The summed E-state index contributed by atoms with van der Waals surface area (Å²) in [6, 6.07) is 5.68. The lowest BCUT2D eigenvalue weighted by atomic mass is 10.0. The van der Waals surface area contributed by atoms with Crippen LogP contribution in [-0.2, 0) is 10.0 Å². The average Bonchev–Trinajstić information content (AvgIpc) is 2.69. The molecular formula is C18H28N4O4S. The highest BCUT2D eigenvalue weighted by molar-refractivity contribution is 7.89. The molecule has 1 aromatic carbocycles. The minimum absolute atomic E-state index is 0.104. The van der Waals surface area contributed by atoms with Crippen molar-refractivity contribution >= 4 is 15.7 Å². The van der Waals surface area contributed by atoms with Crippen LogP contribution in [0.4, 0.5) is 5.69 Å². The fraction of sp³-hybridized carbons (Fsp3) is 0.667. The number of piperidine rings is 1. The smallest absolute Gasteiger partial charge is 0.269 e. The molecule has 2 heterocycles. The molecule has 2 saturated heterocycles. The SMILES string of the molecule is CCCN1CCC(N2CCN(S(=O)(=O)c3ccc([N+](=O)[O-])cc3)CC2)CC1. The Morgan fingerprint density at radius 3 is 2.15 bits per heavy atom. The van der Waals surface area contributed by atoms with Crippen LogP contribution in [-0.4, -0.2) is 79.3 Å². The molecule has 8 nitrogen and oxygen atoms in total. The number of likely N-dealkylation sites (tertiary alicyclic amines) is 1. The second-order valence-electron chi connectivity index (χ2n) is 7.26. The number of nitro groups is 1. The van der Waals surface area contributed by atoms with Crippen LogP contribution in [0.3, 0.4) is 0 Å². The standard InChI is InChI=1S/C18H28N4O4S/c1-2-9-19-10-7-16(8-11-19)20-12-14-21(15-13-20)27(25,26)18-5-3-17(4-6-18)22(23)24/h3-6,16H,2,7-15H2,1H3. The largest absolute Gasteiger partial charge is 0.303 e. The van der Waals surface area contributed by atoms with Crippen LogP contribution in [0, 0.1) is 10.1 Å². The first kappa shape index (κ1) is 20.2. The Morgan fingerprint density at radius 2 is 1.63 bits per heavy atom. The van der Waals surface area contributed by atoms with Crippen LogP contribution in [0.15, 0.2) is 29.2 Å². The first-order valence-corrected chi connectivity index (χ1v) is 11.1. The summed E-state index contributed by atoms with van der Waals surface area (Å²) in [6.45, 7) is 8.03. The van der Waals surface area contributed by atoms with Gasteiger partial charge in [0.25, 0.3) is 5.69 Å². The number of nitro benzene ring substituents is 1. The fourth-order valence-corrected chi connectivity index (χ4v) is 5.44. The third-order valence-corrected chi connectivity index (χ3v) is 7.48. The van der Waals surface area contributed by atoms with Crippen molar-refractivity contribution in [3.63, 3.8) is 0 Å². The molecule has 0 aromatic heterocycles. The topological polar surface area (TPSA) is 87.0 Å². The lowest BCUT2D eigenvalue weighted by Crippen LogP contribution is -2.54. The van der Waals surface area contributed by atoms with E-state index in [1.807, 2.05) is 0 Å². The van der Waals surface area contributed by atoms with Crippen molar-refractivity contribution in [3.8, 4) is 0 Å². The lowest BCUT2D eigenvalue weighted by Gasteiger charge is -2.42. The van der Waals surface area contributed by atoms with Gasteiger partial charge < -0.3 is 4.90 Å². The molecule has 150 valence electrons. The zero-order valence-corrected chi connectivity index (χ0v) is 16.6. The Balaban J connectivity index is 1.56. The van der Waals surface area contributed by atoms with E-state index < -0.39 is 14.9 Å². The third kappa shape index (κ3) is 4.66. The Bertz CT molecular complexity index is 737. The Kier molecular flexibility index (Phi) is 6.46. The van der Waals surface area contributed by atoms with Crippen molar-refractivity contribution in [1.82, 2.24) is 14.1 Å². The maximum atomic E-state index is 12.8. The number of benzene rings is 1. The number of non-ortho nitro benzene ring substituents is 1. The summed E-state index contributed by atoms with van der Waals surface area (Å²) in [5, 5.41) is 10.7. The van der Waals surface area contributed by atoms with E-state index in [1.165, 1.54) is 35.0 Å². The maximum absolute atomic E-state index is 12.8. The first-order valence-electron chi connectivity index (χ1n) is 9.63. The summed E-state index contributed by atoms with van der Waals surface area (Å²) in [6.07, 6.45) is 3.48. The highest BCUT2D eigenvalue weighted by Crippen LogP contribution is 2.23. The van der Waals surface area contributed by atoms with Gasteiger partial charge >= 0.3 is 0 Å². The summed E-state index contributed by atoms with van der Waals surface area (Å²) in [5.74, 6) is 0. The molecule has 0 spiro atoms. The van der Waals surface area contributed by atoms with Gasteiger partial charge in [0.05, 0.1) is 9.82 Å². The molecule has 2 aliphatic heterocycles. The number of nitrogens with zero attached hydrogens (tertiary/aromatic N) is 4. The predicted molar refractivity (Wildman–Crippen MR) is 103 cm³/mol. The van der Waals surface area contributed by atoms with Gasteiger partial charge in [0.15, 0.2) is 0 Å². The van der Waals surface area contributed by atoms with E-state index in [4.69, 9.17) is 0 Å². The number of sulfonamides is 1. The highest BCUT2D eigenvalue weighted by atomic mass is 32.2. The predicted octanol–water partition coefficient (Wildman–Crippen LogP) is 1.78. The fourth-order valence-electron chi connectivity index (χ4n) is 4.02. The minimum atomic E-state index is -3.60. The Labute approximate surface area is 160 Å². The lowest BCUT2D eigenvalue weighted by molar-refractivity contribution is -0.384. The number of hydrogen-bond donors (Lipinski definition) is 0. The van der Waals surface area contributed by atoms with Crippen molar-refractivity contribution in [1.29, 1.82) is 0 Å². The van der Waals surface area contributed by atoms with E-state index in [2.05, 4.69) is 16.7 Å². The van der Waals surface area contributed by atoms with Gasteiger partial charge in [-0.3, -0.25) is 15.0 Å². The number of piperazine rings is 1. The molecule has 0 saturated carbocycles. The molecule has 2 aliphatic rings. The van der Waals surface area contributed by atoms with Crippen LogP contribution in [0.5, 0.6) is 0 Å². The normalized spacial score (nSPS) is 21.4. The molecule has 0 bridgehead atoms. The van der Waals surface area contributed by atoms with Gasteiger partial charge in [0.2, 0.25) is 10.0 Å². The van der Waals surface area contributed by atoms with Crippen LogP contribution in [0.1, 0.15) is 26.2 Å². The summed E-state index contributed by atoms with van der Waals surface area (Å²) in [5.41, 5.74) is -0.104. The van der Waals surface area contributed by atoms with Gasteiger partial charge in [-0.05, 0) is 51.0 Å². The van der Waals surface area contributed by atoms with Crippen molar-refractivity contribution in [3.05, 3.63) is 34.4 Å². The Hall–Kier alpha value is -1.55. The zero-order chi connectivity index (χ0) is 19.4. The van der Waals surface area contributed by atoms with Crippen molar-refractivity contribution < 1.29 is 13.3 Å². The zero-order valence-electron chi connectivity index (χ0n) is 15.8. The number of hydrogen-bond acceptors (Lipinski definition) is 6.